The van der Waals surface area contributed by atoms with E-state index in [4.69, 9.17) is 0 Å². The minimum absolute atomic E-state index is 0.0768. The van der Waals surface area contributed by atoms with Crippen molar-refractivity contribution in [1.82, 2.24) is 4.57 Å². The molecule has 0 N–H and O–H groups in total. The molecule has 1 aliphatic rings. The first kappa shape index (κ1) is 16.4. The first-order valence-electron chi connectivity index (χ1n) is 7.11. The molecule has 126 valence electrons. The van der Waals surface area contributed by atoms with E-state index in [0.717, 1.165) is 4.57 Å². The van der Waals surface area contributed by atoms with Gasteiger partial charge in [0.05, 0.1) is 11.1 Å². The molecule has 0 fully saturated rings. The van der Waals surface area contributed by atoms with Gasteiger partial charge >= 0.3 is 12.1 Å². The molecular weight excluding hydrogens is 329 g/mol. The van der Waals surface area contributed by atoms with Crippen LogP contribution in [0, 0.1) is 0 Å². The predicted octanol–water partition coefficient (Wildman–Crippen LogP) is 4.79. The summed E-state index contributed by atoms with van der Waals surface area (Å²) in [5.74, 6) is -5.57. The third-order valence-electron chi connectivity index (χ3n) is 4.05. The molecule has 24 heavy (non-hydrogen) atoms. The average molecular weight is 341 g/mol. The highest BCUT2D eigenvalue weighted by Crippen LogP contribution is 2.42. The summed E-state index contributed by atoms with van der Waals surface area (Å²) in [6, 6.07) is 8.37. The van der Waals surface area contributed by atoms with Gasteiger partial charge in [-0.2, -0.15) is 22.0 Å². The number of nitrogens with zero attached hydrogens (tertiary/aromatic N) is 1. The number of hydrogen-bond acceptors (Lipinski definition) is 1. The molecule has 2 nitrogen and oxygen atoms in total. The van der Waals surface area contributed by atoms with Crippen molar-refractivity contribution in [2.24, 2.45) is 0 Å². The fraction of sp³-hybridized carbons (Fsp3) is 0.235. The average Bonchev–Trinajstić information content (AvgIpc) is 2.91. The van der Waals surface area contributed by atoms with Gasteiger partial charge in [-0.25, -0.2) is 0 Å². The van der Waals surface area contributed by atoms with E-state index in [1.807, 2.05) is 0 Å². The van der Waals surface area contributed by atoms with E-state index < -0.39 is 35.4 Å². The Morgan fingerprint density at radius 1 is 1.17 bits per heavy atom. The van der Waals surface area contributed by atoms with Crippen molar-refractivity contribution >= 4 is 11.5 Å². The highest BCUT2D eigenvalue weighted by atomic mass is 19.4. The molecule has 0 amide bonds. The van der Waals surface area contributed by atoms with Crippen LogP contribution >= 0.6 is 0 Å². The van der Waals surface area contributed by atoms with Crippen molar-refractivity contribution in [3.63, 3.8) is 0 Å². The lowest BCUT2D eigenvalue weighted by Crippen LogP contribution is -2.35. The number of alkyl halides is 5. The van der Waals surface area contributed by atoms with Crippen LogP contribution < -0.4 is 0 Å². The molecule has 0 bridgehead atoms. The quantitative estimate of drug-likeness (QED) is 0.720. The van der Waals surface area contributed by atoms with Crippen LogP contribution in [0.25, 0.3) is 5.70 Å². The monoisotopic (exact) mass is 341 g/mol. The molecule has 0 aliphatic heterocycles. The third-order valence-corrected chi connectivity index (χ3v) is 4.05. The molecular formula is C17H12F5NO. The zero-order chi connectivity index (χ0) is 17.7. The van der Waals surface area contributed by atoms with Gasteiger partial charge in [0.2, 0.25) is 5.78 Å². The second-order valence-corrected chi connectivity index (χ2v) is 5.58. The van der Waals surface area contributed by atoms with Crippen LogP contribution in [0.15, 0.2) is 43.1 Å². The number of aromatic nitrogens is 1. The van der Waals surface area contributed by atoms with Crippen LogP contribution in [0.5, 0.6) is 0 Å². The standard InChI is InChI=1S/C17H12F5NO/c1-10(11-5-3-2-4-6-11)23-9-12(17(20,21)22)14-13(23)7-8-16(18,19)15(14)24/h2-6,9H,1,7-8H2. The lowest BCUT2D eigenvalue weighted by Gasteiger charge is -2.23. The maximum absolute atomic E-state index is 13.6. The summed E-state index contributed by atoms with van der Waals surface area (Å²) in [6.45, 7) is 3.76. The number of rotatable bonds is 2. The SMILES string of the molecule is C=C(c1ccccc1)n1cc(C(F)(F)F)c2c1CCC(F)(F)C2=O. The van der Waals surface area contributed by atoms with E-state index in [1.165, 1.54) is 0 Å². The molecule has 0 spiro atoms. The topological polar surface area (TPSA) is 22.0 Å². The van der Waals surface area contributed by atoms with E-state index in [1.54, 1.807) is 30.3 Å². The first-order valence-corrected chi connectivity index (χ1v) is 7.11. The van der Waals surface area contributed by atoms with Crippen LogP contribution in [-0.2, 0) is 12.6 Å². The number of carbonyl (C=O) groups is 1. The van der Waals surface area contributed by atoms with Crippen molar-refractivity contribution in [2.75, 3.05) is 0 Å². The van der Waals surface area contributed by atoms with E-state index in [9.17, 15) is 26.7 Å². The maximum Gasteiger partial charge on any atom is 0.418 e. The smallest absolute Gasteiger partial charge is 0.320 e. The summed E-state index contributed by atoms with van der Waals surface area (Å²) in [6.07, 6.45) is -5.38. The van der Waals surface area contributed by atoms with Gasteiger partial charge in [-0.1, -0.05) is 36.9 Å². The number of Topliss-reactive ketones (excluding diaryl/α,β-unsaturated/α-hetero) is 1. The van der Waals surface area contributed by atoms with Crippen LogP contribution in [0.2, 0.25) is 0 Å². The fourth-order valence-electron chi connectivity index (χ4n) is 2.84. The molecule has 0 unspecified atom stereocenters. The van der Waals surface area contributed by atoms with Crippen molar-refractivity contribution in [3.05, 3.63) is 65.5 Å². The summed E-state index contributed by atoms with van der Waals surface area (Å²) in [7, 11) is 0. The van der Waals surface area contributed by atoms with E-state index in [-0.39, 0.29) is 17.8 Å². The first-order chi connectivity index (χ1) is 11.1. The van der Waals surface area contributed by atoms with Crippen molar-refractivity contribution in [1.29, 1.82) is 0 Å². The molecule has 3 rings (SSSR count). The van der Waals surface area contributed by atoms with Crippen molar-refractivity contribution in [3.8, 4) is 0 Å². The Balaban J connectivity index is 2.21. The minimum Gasteiger partial charge on any atom is -0.320 e. The Bertz CT molecular complexity index is 817. The number of hydrogen-bond donors (Lipinski definition) is 0. The van der Waals surface area contributed by atoms with Crippen molar-refractivity contribution in [2.45, 2.75) is 24.9 Å². The van der Waals surface area contributed by atoms with Gasteiger partial charge in [0.25, 0.3) is 0 Å². The molecule has 0 atom stereocenters. The molecule has 1 aliphatic carbocycles. The number of carbonyl (C=O) groups excluding carboxylic acids is 1. The number of ketones is 1. The van der Waals surface area contributed by atoms with E-state index >= 15 is 0 Å². The van der Waals surface area contributed by atoms with Gasteiger partial charge in [-0.15, -0.1) is 0 Å². The van der Waals surface area contributed by atoms with Crippen molar-refractivity contribution < 1.29 is 26.7 Å². The zero-order valence-corrected chi connectivity index (χ0v) is 12.3. The van der Waals surface area contributed by atoms with Crippen LogP contribution in [0.1, 0.15) is 33.6 Å². The van der Waals surface area contributed by atoms with Gasteiger partial charge in [-0.3, -0.25) is 4.79 Å². The molecule has 0 saturated carbocycles. The Hall–Kier alpha value is -2.44. The van der Waals surface area contributed by atoms with Gasteiger partial charge < -0.3 is 4.57 Å². The second kappa shape index (κ2) is 5.29. The Kier molecular flexibility index (Phi) is 3.62. The Morgan fingerprint density at radius 2 is 1.79 bits per heavy atom. The molecule has 0 saturated heterocycles. The summed E-state index contributed by atoms with van der Waals surface area (Å²) in [5, 5.41) is 0. The maximum atomic E-state index is 13.6. The third kappa shape index (κ3) is 2.53. The lowest BCUT2D eigenvalue weighted by molar-refractivity contribution is -0.138. The summed E-state index contributed by atoms with van der Waals surface area (Å²) >= 11 is 0. The molecule has 0 radical (unpaired) electrons. The molecule has 1 aromatic heterocycles. The molecule has 7 heteroatoms. The van der Waals surface area contributed by atoms with Gasteiger partial charge in [0.1, 0.15) is 0 Å². The second-order valence-electron chi connectivity index (χ2n) is 5.58. The molecule has 1 aromatic carbocycles. The lowest BCUT2D eigenvalue weighted by atomic mass is 9.90. The summed E-state index contributed by atoms with van der Waals surface area (Å²) in [5.41, 5.74) is -1.64. The highest BCUT2D eigenvalue weighted by Gasteiger charge is 2.50. The number of benzene rings is 1. The minimum atomic E-state index is -4.91. The predicted molar refractivity (Wildman–Crippen MR) is 77.9 cm³/mol. The highest BCUT2D eigenvalue weighted by molar-refractivity contribution is 6.05. The van der Waals surface area contributed by atoms with Crippen LogP contribution in [0.3, 0.4) is 0 Å². The van der Waals surface area contributed by atoms with Gasteiger partial charge in [-0.05, 0) is 12.0 Å². The van der Waals surface area contributed by atoms with Gasteiger partial charge in [0, 0.05) is 24.0 Å². The molecule has 2 aromatic rings. The number of fused-ring (bicyclic) bond motifs is 1. The zero-order valence-electron chi connectivity index (χ0n) is 12.3. The van der Waals surface area contributed by atoms with Gasteiger partial charge in [0.15, 0.2) is 0 Å². The largest absolute Gasteiger partial charge is 0.418 e. The Labute approximate surface area is 134 Å². The summed E-state index contributed by atoms with van der Waals surface area (Å²) in [4.78, 5) is 11.9. The van der Waals surface area contributed by atoms with E-state index in [0.29, 0.717) is 11.8 Å². The van der Waals surface area contributed by atoms with E-state index in [2.05, 4.69) is 6.58 Å². The number of halogens is 5. The van der Waals surface area contributed by atoms with Crippen LogP contribution in [-0.4, -0.2) is 16.3 Å². The summed E-state index contributed by atoms with van der Waals surface area (Å²) < 4.78 is 68.1. The fourth-order valence-corrected chi connectivity index (χ4v) is 2.84. The Morgan fingerprint density at radius 3 is 2.38 bits per heavy atom. The van der Waals surface area contributed by atoms with Crippen LogP contribution in [0.4, 0.5) is 22.0 Å². The normalized spacial score (nSPS) is 16.8. The molecule has 1 heterocycles.